The molecule has 0 aliphatic heterocycles. The third-order valence-electron chi connectivity index (χ3n) is 3.21. The van der Waals surface area contributed by atoms with Gasteiger partial charge in [0.25, 0.3) is 0 Å². The molecule has 1 heterocycles. The number of hydrogen-bond acceptors (Lipinski definition) is 2. The zero-order chi connectivity index (χ0) is 13.7. The zero-order valence-electron chi connectivity index (χ0n) is 11.4. The first-order chi connectivity index (χ1) is 9.20. The molecule has 1 atom stereocenters. The Morgan fingerprint density at radius 1 is 1.26 bits per heavy atom. The largest absolute Gasteiger partial charge is 0.308 e. The highest BCUT2D eigenvalue weighted by atomic mass is 127. The van der Waals surface area contributed by atoms with E-state index in [-0.39, 0.29) is 0 Å². The lowest BCUT2D eigenvalue weighted by Gasteiger charge is -2.19. The summed E-state index contributed by atoms with van der Waals surface area (Å²) < 4.78 is 3.24. The highest BCUT2D eigenvalue weighted by molar-refractivity contribution is 14.1. The van der Waals surface area contributed by atoms with E-state index in [0.29, 0.717) is 6.04 Å². The molecule has 102 valence electrons. The van der Waals surface area contributed by atoms with E-state index in [0.717, 1.165) is 19.4 Å². The van der Waals surface area contributed by atoms with Crippen LogP contribution in [-0.2, 0) is 13.5 Å². The van der Waals surface area contributed by atoms with Gasteiger partial charge in [0, 0.05) is 16.8 Å². The SMILES string of the molecule is CCCNC(Cc1ccc(I)cc1)c1ccnn1C. The van der Waals surface area contributed by atoms with Gasteiger partial charge in [-0.25, -0.2) is 0 Å². The van der Waals surface area contributed by atoms with Crippen LogP contribution in [0.5, 0.6) is 0 Å². The van der Waals surface area contributed by atoms with Gasteiger partial charge < -0.3 is 5.32 Å². The summed E-state index contributed by atoms with van der Waals surface area (Å²) in [5, 5.41) is 7.89. The van der Waals surface area contributed by atoms with Gasteiger partial charge >= 0.3 is 0 Å². The molecule has 0 spiro atoms. The molecular weight excluding hydrogens is 349 g/mol. The number of nitrogens with zero attached hydrogens (tertiary/aromatic N) is 2. The lowest BCUT2D eigenvalue weighted by molar-refractivity contribution is 0.493. The minimum Gasteiger partial charge on any atom is -0.308 e. The van der Waals surface area contributed by atoms with E-state index in [1.54, 1.807) is 0 Å². The summed E-state index contributed by atoms with van der Waals surface area (Å²) in [6.07, 6.45) is 4.00. The summed E-state index contributed by atoms with van der Waals surface area (Å²) in [6, 6.07) is 11.2. The molecule has 0 fully saturated rings. The molecule has 1 aromatic heterocycles. The quantitative estimate of drug-likeness (QED) is 0.792. The average molecular weight is 369 g/mol. The van der Waals surface area contributed by atoms with Gasteiger partial charge in [0.2, 0.25) is 0 Å². The smallest absolute Gasteiger partial charge is 0.0553 e. The fourth-order valence-corrected chi connectivity index (χ4v) is 2.54. The van der Waals surface area contributed by atoms with Crippen LogP contribution >= 0.6 is 22.6 Å². The first-order valence-electron chi connectivity index (χ1n) is 6.66. The molecule has 0 amide bonds. The second kappa shape index (κ2) is 7.05. The van der Waals surface area contributed by atoms with Gasteiger partial charge in [-0.2, -0.15) is 5.10 Å². The molecule has 0 bridgehead atoms. The van der Waals surface area contributed by atoms with Crippen LogP contribution in [0.3, 0.4) is 0 Å². The van der Waals surface area contributed by atoms with Crippen LogP contribution in [0.2, 0.25) is 0 Å². The fourth-order valence-electron chi connectivity index (χ4n) is 2.18. The van der Waals surface area contributed by atoms with E-state index in [1.165, 1.54) is 14.8 Å². The van der Waals surface area contributed by atoms with Crippen molar-refractivity contribution in [2.75, 3.05) is 6.54 Å². The number of nitrogens with one attached hydrogen (secondary N) is 1. The lowest BCUT2D eigenvalue weighted by atomic mass is 10.0. The fraction of sp³-hybridized carbons (Fsp3) is 0.400. The van der Waals surface area contributed by atoms with Gasteiger partial charge in [-0.05, 0) is 65.7 Å². The summed E-state index contributed by atoms with van der Waals surface area (Å²) in [7, 11) is 2.00. The van der Waals surface area contributed by atoms with Crippen LogP contribution < -0.4 is 5.32 Å². The number of rotatable bonds is 6. The Morgan fingerprint density at radius 2 is 2.00 bits per heavy atom. The summed E-state index contributed by atoms with van der Waals surface area (Å²) in [6.45, 7) is 3.22. The first kappa shape index (κ1) is 14.5. The summed E-state index contributed by atoms with van der Waals surface area (Å²) in [5.74, 6) is 0. The Kier molecular flexibility index (Phi) is 5.39. The normalized spacial score (nSPS) is 12.6. The van der Waals surface area contributed by atoms with Crippen molar-refractivity contribution in [3.8, 4) is 0 Å². The predicted octanol–water partition coefficient (Wildman–Crippen LogP) is 3.31. The third kappa shape index (κ3) is 4.04. The molecule has 1 unspecified atom stereocenters. The van der Waals surface area contributed by atoms with Gasteiger partial charge in [-0.3, -0.25) is 4.68 Å². The van der Waals surface area contributed by atoms with Crippen molar-refractivity contribution in [2.24, 2.45) is 7.05 Å². The highest BCUT2D eigenvalue weighted by Crippen LogP contribution is 2.18. The van der Waals surface area contributed by atoms with E-state index in [2.05, 4.69) is 70.3 Å². The van der Waals surface area contributed by atoms with Crippen LogP contribution in [0.15, 0.2) is 36.5 Å². The maximum Gasteiger partial charge on any atom is 0.0553 e. The first-order valence-corrected chi connectivity index (χ1v) is 7.74. The minimum atomic E-state index is 0.326. The molecule has 19 heavy (non-hydrogen) atoms. The van der Waals surface area contributed by atoms with Crippen molar-refractivity contribution < 1.29 is 0 Å². The molecule has 2 rings (SSSR count). The molecule has 0 aliphatic rings. The molecule has 4 heteroatoms. The Bertz CT molecular complexity index is 504. The Balaban J connectivity index is 2.14. The maximum absolute atomic E-state index is 4.28. The second-order valence-electron chi connectivity index (χ2n) is 4.72. The van der Waals surface area contributed by atoms with Gasteiger partial charge in [0.05, 0.1) is 11.7 Å². The lowest BCUT2D eigenvalue weighted by Crippen LogP contribution is -2.26. The van der Waals surface area contributed by atoms with Crippen molar-refractivity contribution >= 4 is 22.6 Å². The minimum absolute atomic E-state index is 0.326. The molecule has 0 saturated carbocycles. The van der Waals surface area contributed by atoms with Crippen LogP contribution in [0.4, 0.5) is 0 Å². The predicted molar refractivity (Wildman–Crippen MR) is 87.1 cm³/mol. The van der Waals surface area contributed by atoms with Crippen molar-refractivity contribution in [1.29, 1.82) is 0 Å². The van der Waals surface area contributed by atoms with Crippen LogP contribution in [-0.4, -0.2) is 16.3 Å². The number of hydrogen-bond donors (Lipinski definition) is 1. The van der Waals surface area contributed by atoms with Crippen molar-refractivity contribution in [3.63, 3.8) is 0 Å². The van der Waals surface area contributed by atoms with Crippen LogP contribution in [0.25, 0.3) is 0 Å². The standard InChI is InChI=1S/C15H20IN3/c1-3-9-17-14(15-8-10-18-19(15)2)11-12-4-6-13(16)7-5-12/h4-8,10,14,17H,3,9,11H2,1-2H3. The number of halogens is 1. The molecule has 1 N–H and O–H groups in total. The Hall–Kier alpha value is -0.880. The molecule has 1 aromatic carbocycles. The van der Waals surface area contributed by atoms with E-state index in [1.807, 2.05) is 17.9 Å². The highest BCUT2D eigenvalue weighted by Gasteiger charge is 2.14. The van der Waals surface area contributed by atoms with Gasteiger partial charge in [0.1, 0.15) is 0 Å². The molecule has 2 aromatic rings. The van der Waals surface area contributed by atoms with Gasteiger partial charge in [-0.1, -0.05) is 19.1 Å². The Labute approximate surface area is 128 Å². The topological polar surface area (TPSA) is 29.9 Å². The molecule has 3 nitrogen and oxygen atoms in total. The van der Waals surface area contributed by atoms with Crippen molar-refractivity contribution in [1.82, 2.24) is 15.1 Å². The van der Waals surface area contributed by atoms with Crippen molar-refractivity contribution in [3.05, 3.63) is 51.4 Å². The zero-order valence-corrected chi connectivity index (χ0v) is 13.6. The molecule has 0 radical (unpaired) electrons. The molecule has 0 aliphatic carbocycles. The third-order valence-corrected chi connectivity index (χ3v) is 3.93. The Morgan fingerprint density at radius 3 is 2.58 bits per heavy atom. The summed E-state index contributed by atoms with van der Waals surface area (Å²) >= 11 is 2.34. The number of aryl methyl sites for hydroxylation is 1. The number of benzene rings is 1. The van der Waals surface area contributed by atoms with E-state index in [4.69, 9.17) is 0 Å². The van der Waals surface area contributed by atoms with Crippen LogP contribution in [0, 0.1) is 3.57 Å². The van der Waals surface area contributed by atoms with Crippen LogP contribution in [0.1, 0.15) is 30.6 Å². The van der Waals surface area contributed by atoms with E-state index in [9.17, 15) is 0 Å². The maximum atomic E-state index is 4.28. The summed E-state index contributed by atoms with van der Waals surface area (Å²) in [5.41, 5.74) is 2.60. The monoisotopic (exact) mass is 369 g/mol. The van der Waals surface area contributed by atoms with E-state index >= 15 is 0 Å². The summed E-state index contributed by atoms with van der Waals surface area (Å²) in [4.78, 5) is 0. The molecule has 0 saturated heterocycles. The van der Waals surface area contributed by atoms with Crippen molar-refractivity contribution in [2.45, 2.75) is 25.8 Å². The number of aromatic nitrogens is 2. The van der Waals surface area contributed by atoms with E-state index < -0.39 is 0 Å². The van der Waals surface area contributed by atoms with Gasteiger partial charge in [-0.15, -0.1) is 0 Å². The molecular formula is C15H20IN3. The van der Waals surface area contributed by atoms with Gasteiger partial charge in [0.15, 0.2) is 0 Å². The second-order valence-corrected chi connectivity index (χ2v) is 5.96. The average Bonchev–Trinajstić information content (AvgIpc) is 2.83.